The van der Waals surface area contributed by atoms with Crippen LogP contribution in [0.4, 0.5) is 13.2 Å². The summed E-state index contributed by atoms with van der Waals surface area (Å²) in [4.78, 5) is -1.25. The molecule has 0 radical (unpaired) electrons. The first-order valence-corrected chi connectivity index (χ1v) is 8.89. The van der Waals surface area contributed by atoms with E-state index in [0.717, 1.165) is 12.1 Å². The first-order chi connectivity index (χ1) is 9.02. The lowest BCUT2D eigenvalue weighted by Gasteiger charge is -2.09. The average Bonchev–Trinajstić information content (AvgIpc) is 2.35. The first-order valence-electron chi connectivity index (χ1n) is 5.22. The molecule has 0 atom stereocenters. The summed E-state index contributed by atoms with van der Waals surface area (Å²) in [6.07, 6.45) is 0.187. The highest BCUT2D eigenvalue weighted by atomic mass is 35.5. The van der Waals surface area contributed by atoms with E-state index in [2.05, 4.69) is 0 Å². The predicted octanol–water partition coefficient (Wildman–Crippen LogP) is 2.38. The lowest BCUT2D eigenvalue weighted by molar-refractivity contribution is -0.0436. The molecule has 0 saturated carbocycles. The van der Waals surface area contributed by atoms with Crippen molar-refractivity contribution in [1.82, 2.24) is 0 Å². The molecule has 0 N–H and O–H groups in total. The Morgan fingerprint density at radius 3 is 1.80 bits per heavy atom. The van der Waals surface area contributed by atoms with E-state index in [-0.39, 0.29) is 22.9 Å². The number of halogens is 4. The molecule has 0 saturated heterocycles. The molecule has 0 bridgehead atoms. The van der Waals surface area contributed by atoms with Gasteiger partial charge in [-0.25, -0.2) is 16.8 Å². The van der Waals surface area contributed by atoms with Crippen molar-refractivity contribution in [2.45, 2.75) is 21.7 Å². The molecule has 0 spiro atoms. The van der Waals surface area contributed by atoms with Crippen molar-refractivity contribution in [2.24, 2.45) is 0 Å². The number of sulfone groups is 2. The Kier molecular flexibility index (Phi) is 5.09. The van der Waals surface area contributed by atoms with Gasteiger partial charge in [0.2, 0.25) is 0 Å². The van der Waals surface area contributed by atoms with Crippen molar-refractivity contribution in [3.8, 4) is 0 Å². The number of rotatable bonds is 5. The molecule has 0 aliphatic carbocycles. The number of benzene rings is 1. The third kappa shape index (κ3) is 3.64. The maximum Gasteiger partial charge on any atom is 0.501 e. The minimum atomic E-state index is -5.47. The molecule has 0 aliphatic heterocycles. The van der Waals surface area contributed by atoms with Crippen LogP contribution >= 0.6 is 11.6 Å². The molecule has 1 aromatic carbocycles. The highest BCUT2D eigenvalue weighted by molar-refractivity contribution is 7.92. The summed E-state index contributed by atoms with van der Waals surface area (Å²) in [7, 11) is -9.15. The Bertz CT molecular complexity index is 663. The largest absolute Gasteiger partial charge is 0.501 e. The normalized spacial score (nSPS) is 13.4. The maximum absolute atomic E-state index is 12.3. The van der Waals surface area contributed by atoms with E-state index in [1.807, 2.05) is 0 Å². The molecule has 20 heavy (non-hydrogen) atoms. The van der Waals surface area contributed by atoms with Crippen LogP contribution in [-0.4, -0.2) is 34.0 Å². The average molecular weight is 351 g/mol. The molecule has 1 rings (SSSR count). The minimum Gasteiger partial charge on any atom is -0.224 e. The molecular formula is C10H10ClF3O4S2. The van der Waals surface area contributed by atoms with Gasteiger partial charge >= 0.3 is 5.51 Å². The van der Waals surface area contributed by atoms with Crippen molar-refractivity contribution >= 4 is 31.3 Å². The third-order valence-electron chi connectivity index (χ3n) is 2.34. The summed E-state index contributed by atoms with van der Waals surface area (Å²) in [6.45, 7) is 0. The van der Waals surface area contributed by atoms with Crippen molar-refractivity contribution in [2.75, 3.05) is 11.6 Å². The second-order valence-corrected chi connectivity index (χ2v) is 8.21. The van der Waals surface area contributed by atoms with Crippen LogP contribution in [-0.2, 0) is 19.7 Å². The van der Waals surface area contributed by atoms with Crippen molar-refractivity contribution in [3.05, 3.63) is 24.3 Å². The summed E-state index contributed by atoms with van der Waals surface area (Å²) < 4.78 is 82.5. The SMILES string of the molecule is O=S(=O)(CCCCl)c1ccc(S(=O)(=O)C(F)(F)F)cc1. The van der Waals surface area contributed by atoms with Crippen molar-refractivity contribution in [1.29, 1.82) is 0 Å². The number of alkyl halides is 4. The van der Waals surface area contributed by atoms with Gasteiger partial charge in [-0.2, -0.15) is 13.2 Å². The van der Waals surface area contributed by atoms with Crippen molar-refractivity contribution in [3.63, 3.8) is 0 Å². The van der Waals surface area contributed by atoms with Gasteiger partial charge in [-0.3, -0.25) is 0 Å². The van der Waals surface area contributed by atoms with E-state index in [1.165, 1.54) is 0 Å². The minimum absolute atomic E-state index is 0.125. The smallest absolute Gasteiger partial charge is 0.224 e. The molecule has 0 heterocycles. The van der Waals surface area contributed by atoms with Crippen LogP contribution in [0.25, 0.3) is 0 Å². The van der Waals surface area contributed by atoms with Gasteiger partial charge in [0.25, 0.3) is 9.84 Å². The van der Waals surface area contributed by atoms with E-state index in [1.54, 1.807) is 0 Å². The Labute approximate surface area is 119 Å². The van der Waals surface area contributed by atoms with Crippen LogP contribution in [0, 0.1) is 0 Å². The zero-order valence-corrected chi connectivity index (χ0v) is 12.3. The topological polar surface area (TPSA) is 68.3 Å². The lowest BCUT2D eigenvalue weighted by Crippen LogP contribution is -2.23. The molecule has 1 aromatic rings. The van der Waals surface area contributed by atoms with Gasteiger partial charge < -0.3 is 0 Å². The molecule has 4 nitrogen and oxygen atoms in total. The highest BCUT2D eigenvalue weighted by Crippen LogP contribution is 2.30. The second-order valence-electron chi connectivity index (χ2n) is 3.78. The van der Waals surface area contributed by atoms with Gasteiger partial charge in [0.05, 0.1) is 15.5 Å². The van der Waals surface area contributed by atoms with Gasteiger partial charge in [-0.1, -0.05) is 0 Å². The lowest BCUT2D eigenvalue weighted by atomic mass is 10.4. The van der Waals surface area contributed by atoms with Crippen LogP contribution in [0.3, 0.4) is 0 Å². The molecule has 10 heteroatoms. The molecular weight excluding hydrogens is 341 g/mol. The first kappa shape index (κ1) is 17.3. The Morgan fingerprint density at radius 1 is 0.950 bits per heavy atom. The highest BCUT2D eigenvalue weighted by Gasteiger charge is 2.46. The molecule has 114 valence electrons. The van der Waals surface area contributed by atoms with E-state index >= 15 is 0 Å². The third-order valence-corrected chi connectivity index (χ3v) is 5.93. The fraction of sp³-hybridized carbons (Fsp3) is 0.400. The summed E-state index contributed by atoms with van der Waals surface area (Å²) in [5, 5.41) is 0. The van der Waals surface area contributed by atoms with E-state index in [0.29, 0.717) is 12.1 Å². The van der Waals surface area contributed by atoms with Crippen molar-refractivity contribution < 1.29 is 30.0 Å². The zero-order valence-electron chi connectivity index (χ0n) is 9.89. The summed E-state index contributed by atoms with van der Waals surface area (Å²) in [5.41, 5.74) is -5.42. The van der Waals surface area contributed by atoms with E-state index < -0.39 is 30.1 Å². The van der Waals surface area contributed by atoms with Crippen LogP contribution in [0.5, 0.6) is 0 Å². The molecule has 0 aromatic heterocycles. The zero-order chi connectivity index (χ0) is 15.6. The fourth-order valence-electron chi connectivity index (χ4n) is 1.32. The molecule has 0 fully saturated rings. The number of hydrogen-bond acceptors (Lipinski definition) is 4. The van der Waals surface area contributed by atoms with Crippen LogP contribution in [0.2, 0.25) is 0 Å². The van der Waals surface area contributed by atoms with Gasteiger partial charge in [-0.05, 0) is 30.7 Å². The van der Waals surface area contributed by atoms with Crippen LogP contribution < -0.4 is 0 Å². The van der Waals surface area contributed by atoms with E-state index in [9.17, 15) is 30.0 Å². The second kappa shape index (κ2) is 5.90. The van der Waals surface area contributed by atoms with Crippen LogP contribution in [0.15, 0.2) is 34.1 Å². The number of hydrogen-bond donors (Lipinski definition) is 0. The van der Waals surface area contributed by atoms with Gasteiger partial charge in [-0.15, -0.1) is 11.6 Å². The van der Waals surface area contributed by atoms with Crippen LogP contribution in [0.1, 0.15) is 6.42 Å². The summed E-state index contributed by atoms with van der Waals surface area (Å²) in [5.74, 6) is -0.137. The molecule has 0 aliphatic rings. The molecule has 0 unspecified atom stereocenters. The molecule has 0 amide bonds. The standard InChI is InChI=1S/C10H10ClF3O4S2/c11-6-1-7-19(15,16)8-2-4-9(5-3-8)20(17,18)10(12,13)14/h2-5H,1,6-7H2. The van der Waals surface area contributed by atoms with Gasteiger partial charge in [0.1, 0.15) is 0 Å². The Hall–Kier alpha value is -0.800. The van der Waals surface area contributed by atoms with Gasteiger partial charge in [0, 0.05) is 5.88 Å². The van der Waals surface area contributed by atoms with E-state index in [4.69, 9.17) is 11.6 Å². The Morgan fingerprint density at radius 2 is 1.40 bits per heavy atom. The monoisotopic (exact) mass is 350 g/mol. The quantitative estimate of drug-likeness (QED) is 0.765. The maximum atomic E-state index is 12.3. The predicted molar refractivity (Wildman–Crippen MR) is 67.1 cm³/mol. The summed E-state index contributed by atoms with van der Waals surface area (Å²) in [6, 6.07) is 2.91. The fourth-order valence-corrected chi connectivity index (χ4v) is 3.69. The summed E-state index contributed by atoms with van der Waals surface area (Å²) >= 11 is 5.36. The van der Waals surface area contributed by atoms with Gasteiger partial charge in [0.15, 0.2) is 9.84 Å². The Balaban J connectivity index is 3.14.